The average Bonchev–Trinajstić information content (AvgIpc) is 3.31. The number of hydrogen-bond acceptors (Lipinski definition) is 6. The number of aryl methyl sites for hydroxylation is 2. The number of benzene rings is 1. The van der Waals surface area contributed by atoms with Crippen LogP contribution in [0.5, 0.6) is 0 Å². The SMILES string of the molecule is Cc1cc(C)n2nc(C(=O)N[C@H](Cn3nccn3)c3ccccc3)nc2n1. The summed E-state index contributed by atoms with van der Waals surface area (Å²) in [6.45, 7) is 4.17. The number of nitrogens with one attached hydrogen (secondary N) is 1. The Balaban J connectivity index is 1.62. The summed E-state index contributed by atoms with van der Waals surface area (Å²) < 4.78 is 1.56. The molecule has 4 rings (SSSR count). The number of fused-ring (bicyclic) bond motifs is 1. The fourth-order valence-corrected chi connectivity index (χ4v) is 2.91. The molecule has 0 unspecified atom stereocenters. The van der Waals surface area contributed by atoms with Gasteiger partial charge in [-0.3, -0.25) is 4.79 Å². The van der Waals surface area contributed by atoms with Gasteiger partial charge in [0.25, 0.3) is 11.7 Å². The maximum atomic E-state index is 12.8. The van der Waals surface area contributed by atoms with Gasteiger partial charge in [0.05, 0.1) is 25.0 Å². The first kappa shape index (κ1) is 16.8. The van der Waals surface area contributed by atoms with Crippen LogP contribution in [0.15, 0.2) is 48.8 Å². The molecule has 1 amide bonds. The van der Waals surface area contributed by atoms with E-state index in [1.165, 1.54) is 4.80 Å². The Labute approximate surface area is 155 Å². The molecule has 3 aromatic heterocycles. The first-order valence-corrected chi connectivity index (χ1v) is 8.51. The molecule has 0 spiro atoms. The van der Waals surface area contributed by atoms with Crippen LogP contribution in [0, 0.1) is 13.8 Å². The minimum atomic E-state index is -0.376. The Morgan fingerprint density at radius 1 is 1.11 bits per heavy atom. The molecule has 27 heavy (non-hydrogen) atoms. The Morgan fingerprint density at radius 3 is 2.59 bits per heavy atom. The number of nitrogens with zero attached hydrogens (tertiary/aromatic N) is 7. The van der Waals surface area contributed by atoms with E-state index < -0.39 is 0 Å². The summed E-state index contributed by atoms with van der Waals surface area (Å²) in [6, 6.07) is 11.2. The van der Waals surface area contributed by atoms with Gasteiger partial charge in [-0.05, 0) is 25.5 Å². The smallest absolute Gasteiger partial charge is 0.291 e. The molecule has 0 radical (unpaired) electrons. The van der Waals surface area contributed by atoms with E-state index in [1.54, 1.807) is 16.9 Å². The van der Waals surface area contributed by atoms with Crippen LogP contribution in [0.1, 0.15) is 33.6 Å². The molecule has 0 bridgehead atoms. The predicted octanol–water partition coefficient (Wildman–Crippen LogP) is 1.50. The molecule has 1 N–H and O–H groups in total. The van der Waals surface area contributed by atoms with Crippen molar-refractivity contribution in [3.8, 4) is 0 Å². The molecule has 0 saturated carbocycles. The molecule has 3 heterocycles. The number of amides is 1. The van der Waals surface area contributed by atoms with Crippen molar-refractivity contribution in [2.24, 2.45) is 0 Å². The van der Waals surface area contributed by atoms with Crippen molar-refractivity contribution < 1.29 is 4.79 Å². The second kappa shape index (κ2) is 6.94. The van der Waals surface area contributed by atoms with Gasteiger partial charge in [-0.1, -0.05) is 30.3 Å². The summed E-state index contributed by atoms with van der Waals surface area (Å²) in [5.74, 6) is 0.103. The van der Waals surface area contributed by atoms with Crippen molar-refractivity contribution in [2.45, 2.75) is 26.4 Å². The molecule has 9 heteroatoms. The molecule has 0 aliphatic rings. The van der Waals surface area contributed by atoms with E-state index in [-0.39, 0.29) is 17.8 Å². The third kappa shape index (κ3) is 3.52. The number of aromatic nitrogens is 7. The molecule has 9 nitrogen and oxygen atoms in total. The van der Waals surface area contributed by atoms with Crippen LogP contribution >= 0.6 is 0 Å². The second-order valence-electron chi connectivity index (χ2n) is 6.21. The van der Waals surface area contributed by atoms with E-state index in [9.17, 15) is 4.79 Å². The van der Waals surface area contributed by atoms with Gasteiger partial charge in [0, 0.05) is 11.4 Å². The lowest BCUT2D eigenvalue weighted by molar-refractivity contribution is 0.0920. The molecule has 0 aliphatic carbocycles. The summed E-state index contributed by atoms with van der Waals surface area (Å²) in [4.78, 5) is 22.9. The highest BCUT2D eigenvalue weighted by Crippen LogP contribution is 2.15. The van der Waals surface area contributed by atoms with E-state index in [2.05, 4.69) is 30.6 Å². The maximum Gasteiger partial charge on any atom is 0.291 e. The van der Waals surface area contributed by atoms with Crippen LogP contribution in [-0.2, 0) is 6.54 Å². The average molecular weight is 362 g/mol. The third-order valence-electron chi connectivity index (χ3n) is 4.14. The van der Waals surface area contributed by atoms with Crippen LogP contribution in [0.2, 0.25) is 0 Å². The zero-order valence-corrected chi connectivity index (χ0v) is 14.9. The summed E-state index contributed by atoms with van der Waals surface area (Å²) >= 11 is 0. The van der Waals surface area contributed by atoms with Gasteiger partial charge in [-0.2, -0.15) is 20.0 Å². The Bertz CT molecular complexity index is 1070. The summed E-state index contributed by atoms with van der Waals surface area (Å²) in [5.41, 5.74) is 2.63. The lowest BCUT2D eigenvalue weighted by Gasteiger charge is -2.17. The van der Waals surface area contributed by atoms with Crippen molar-refractivity contribution >= 4 is 11.7 Å². The molecule has 1 atom stereocenters. The lowest BCUT2D eigenvalue weighted by atomic mass is 10.1. The maximum absolute atomic E-state index is 12.8. The highest BCUT2D eigenvalue weighted by molar-refractivity contribution is 5.91. The van der Waals surface area contributed by atoms with Gasteiger partial charge in [0.2, 0.25) is 5.82 Å². The van der Waals surface area contributed by atoms with E-state index >= 15 is 0 Å². The molecular formula is C18H18N8O. The number of hydrogen-bond donors (Lipinski definition) is 1. The minimum absolute atomic E-state index is 0.0746. The van der Waals surface area contributed by atoms with Crippen LogP contribution in [0.25, 0.3) is 5.78 Å². The first-order chi connectivity index (χ1) is 13.1. The monoisotopic (exact) mass is 362 g/mol. The van der Waals surface area contributed by atoms with Crippen molar-refractivity contribution in [2.75, 3.05) is 0 Å². The zero-order valence-electron chi connectivity index (χ0n) is 14.9. The third-order valence-corrected chi connectivity index (χ3v) is 4.14. The van der Waals surface area contributed by atoms with Crippen LogP contribution in [0.4, 0.5) is 0 Å². The predicted molar refractivity (Wildman–Crippen MR) is 96.9 cm³/mol. The second-order valence-corrected chi connectivity index (χ2v) is 6.21. The molecule has 1 aromatic carbocycles. The van der Waals surface area contributed by atoms with Gasteiger partial charge in [0.1, 0.15) is 0 Å². The normalized spacial score (nSPS) is 12.2. The first-order valence-electron chi connectivity index (χ1n) is 8.51. The molecule has 0 aliphatic heterocycles. The Morgan fingerprint density at radius 2 is 1.85 bits per heavy atom. The summed E-state index contributed by atoms with van der Waals surface area (Å²) in [5, 5.41) is 15.5. The van der Waals surface area contributed by atoms with Crippen LogP contribution < -0.4 is 5.32 Å². The number of carbonyl (C=O) groups is 1. The van der Waals surface area contributed by atoms with Crippen molar-refractivity contribution in [3.63, 3.8) is 0 Å². The molecule has 0 saturated heterocycles. The van der Waals surface area contributed by atoms with Gasteiger partial charge in [-0.25, -0.2) is 9.50 Å². The van der Waals surface area contributed by atoms with E-state index in [1.807, 2.05) is 50.2 Å². The lowest BCUT2D eigenvalue weighted by Crippen LogP contribution is -2.32. The van der Waals surface area contributed by atoms with Crippen molar-refractivity contribution in [1.29, 1.82) is 0 Å². The number of rotatable bonds is 5. The van der Waals surface area contributed by atoms with Gasteiger partial charge < -0.3 is 5.32 Å². The highest BCUT2D eigenvalue weighted by atomic mass is 16.2. The fraction of sp³-hybridized carbons (Fsp3) is 0.222. The molecule has 136 valence electrons. The van der Waals surface area contributed by atoms with Gasteiger partial charge in [0.15, 0.2) is 0 Å². The topological polar surface area (TPSA) is 103 Å². The Kier molecular flexibility index (Phi) is 4.33. The molecule has 4 aromatic rings. The van der Waals surface area contributed by atoms with E-state index in [4.69, 9.17) is 0 Å². The standard InChI is InChI=1S/C18H18N8O/c1-12-10-13(2)26-18(21-12)23-16(24-26)17(27)22-15(11-25-19-8-9-20-25)14-6-4-3-5-7-14/h3-10,15H,11H2,1-2H3,(H,22,27)/t15-/m1/s1. The highest BCUT2D eigenvalue weighted by Gasteiger charge is 2.21. The zero-order chi connectivity index (χ0) is 18.8. The molecule has 0 fully saturated rings. The largest absolute Gasteiger partial charge is 0.340 e. The Hall–Kier alpha value is -3.62. The minimum Gasteiger partial charge on any atom is -0.340 e. The van der Waals surface area contributed by atoms with Gasteiger partial charge in [-0.15, -0.1) is 5.10 Å². The fourth-order valence-electron chi connectivity index (χ4n) is 2.91. The molecular weight excluding hydrogens is 344 g/mol. The summed E-state index contributed by atoms with van der Waals surface area (Å²) in [7, 11) is 0. The van der Waals surface area contributed by atoms with Crippen molar-refractivity contribution in [3.05, 3.63) is 71.6 Å². The summed E-state index contributed by atoms with van der Waals surface area (Å²) in [6.07, 6.45) is 3.20. The quantitative estimate of drug-likeness (QED) is 0.577. The van der Waals surface area contributed by atoms with E-state index in [0.29, 0.717) is 12.3 Å². The number of carbonyl (C=O) groups excluding carboxylic acids is 1. The van der Waals surface area contributed by atoms with Crippen LogP contribution in [-0.4, -0.2) is 40.5 Å². The van der Waals surface area contributed by atoms with Gasteiger partial charge >= 0.3 is 0 Å². The van der Waals surface area contributed by atoms with E-state index in [0.717, 1.165) is 17.0 Å². The van der Waals surface area contributed by atoms with Crippen molar-refractivity contribution in [1.82, 2.24) is 39.9 Å². The van der Waals surface area contributed by atoms with Crippen LogP contribution in [0.3, 0.4) is 0 Å².